The highest BCUT2D eigenvalue weighted by atomic mass is 16.6. The molecule has 1 N–H and O–H groups in total. The summed E-state index contributed by atoms with van der Waals surface area (Å²) in [6.45, 7) is 5.54. The predicted molar refractivity (Wildman–Crippen MR) is 113 cm³/mol. The number of piperazine rings is 1. The van der Waals surface area contributed by atoms with E-state index in [1.165, 1.54) is 37.7 Å². The van der Waals surface area contributed by atoms with Crippen molar-refractivity contribution in [1.82, 2.24) is 14.9 Å². The first-order chi connectivity index (χ1) is 14.8. The topological polar surface area (TPSA) is 131 Å². The minimum absolute atomic E-state index is 0.0861. The van der Waals surface area contributed by atoms with Gasteiger partial charge >= 0.3 is 12.0 Å². The molecule has 11 heteroatoms. The number of carbonyl (C=O) groups excluding carboxylic acids is 2. The Morgan fingerprint density at radius 2 is 2.03 bits per heavy atom. The highest BCUT2D eigenvalue weighted by Crippen LogP contribution is 2.23. The number of nitro benzene ring substituents is 1. The number of methoxy groups -OCH3 is 1. The molecular formula is C20H24N6O5. The molecule has 1 aliphatic heterocycles. The van der Waals surface area contributed by atoms with Crippen molar-refractivity contribution < 1.29 is 19.2 Å². The van der Waals surface area contributed by atoms with Gasteiger partial charge in [0.1, 0.15) is 5.82 Å². The van der Waals surface area contributed by atoms with Crippen molar-refractivity contribution in [3.8, 4) is 0 Å². The Hall–Kier alpha value is -3.76. The van der Waals surface area contributed by atoms with Crippen LogP contribution in [0.4, 0.5) is 22.0 Å². The second kappa shape index (κ2) is 9.37. The number of nitro groups is 1. The van der Waals surface area contributed by atoms with Gasteiger partial charge in [-0.3, -0.25) is 10.1 Å². The zero-order valence-corrected chi connectivity index (χ0v) is 17.5. The number of urea groups is 1. The molecule has 31 heavy (non-hydrogen) atoms. The van der Waals surface area contributed by atoms with E-state index < -0.39 is 10.9 Å². The predicted octanol–water partition coefficient (Wildman–Crippen LogP) is 2.55. The van der Waals surface area contributed by atoms with Crippen LogP contribution >= 0.6 is 0 Å². The summed E-state index contributed by atoms with van der Waals surface area (Å²) in [5.41, 5.74) is 0.409. The molecule has 2 heterocycles. The van der Waals surface area contributed by atoms with Gasteiger partial charge in [0.25, 0.3) is 5.69 Å². The second-order valence-corrected chi connectivity index (χ2v) is 7.44. The molecule has 2 aromatic rings. The van der Waals surface area contributed by atoms with Crippen LogP contribution in [0.3, 0.4) is 0 Å². The average molecular weight is 428 g/mol. The average Bonchev–Trinajstić information content (AvgIpc) is 2.78. The smallest absolute Gasteiger partial charge is 0.358 e. The van der Waals surface area contributed by atoms with Crippen LogP contribution in [0, 0.1) is 16.0 Å². The lowest BCUT2D eigenvalue weighted by molar-refractivity contribution is -0.384. The highest BCUT2D eigenvalue weighted by Gasteiger charge is 2.33. The molecule has 11 nitrogen and oxygen atoms in total. The van der Waals surface area contributed by atoms with E-state index in [4.69, 9.17) is 0 Å². The van der Waals surface area contributed by atoms with Crippen molar-refractivity contribution in [1.29, 1.82) is 0 Å². The number of amides is 2. The van der Waals surface area contributed by atoms with Gasteiger partial charge in [0.2, 0.25) is 0 Å². The quantitative estimate of drug-likeness (QED) is 0.437. The Labute approximate surface area is 179 Å². The Morgan fingerprint density at radius 1 is 1.26 bits per heavy atom. The number of rotatable bonds is 5. The standard InChI is InChI=1S/C20H24N6O5/c1-13(2)17-12-24(18-11-21-16(10-22-18)19(27)31-3)7-8-25(17)20(28)23-14-5-4-6-15(9-14)26(29)30/h4-6,9-11,13,17H,7-8,12H2,1-3H3,(H,23,28). The SMILES string of the molecule is COC(=O)c1cnc(N2CCN(C(=O)Nc3cccc([N+](=O)[O-])c3)C(C(C)C)C2)cn1. The maximum atomic E-state index is 12.9. The van der Waals surface area contributed by atoms with Gasteiger partial charge < -0.3 is 19.9 Å². The van der Waals surface area contributed by atoms with Crippen LogP contribution in [0.1, 0.15) is 24.3 Å². The monoisotopic (exact) mass is 428 g/mol. The molecule has 3 rings (SSSR count). The Balaban J connectivity index is 1.71. The van der Waals surface area contributed by atoms with Crippen molar-refractivity contribution >= 4 is 29.2 Å². The Kier molecular flexibility index (Phi) is 6.63. The third-order valence-corrected chi connectivity index (χ3v) is 5.11. The van der Waals surface area contributed by atoms with E-state index in [2.05, 4.69) is 20.0 Å². The first-order valence-corrected chi connectivity index (χ1v) is 9.77. The second-order valence-electron chi connectivity index (χ2n) is 7.44. The van der Waals surface area contributed by atoms with Crippen LogP contribution < -0.4 is 10.2 Å². The molecule has 164 valence electrons. The van der Waals surface area contributed by atoms with Crippen molar-refractivity contribution in [3.05, 3.63) is 52.5 Å². The van der Waals surface area contributed by atoms with E-state index in [1.807, 2.05) is 18.7 Å². The third kappa shape index (κ3) is 5.05. The Bertz CT molecular complexity index is 965. The number of nitrogens with one attached hydrogen (secondary N) is 1. The van der Waals surface area contributed by atoms with Gasteiger partial charge in [-0.15, -0.1) is 0 Å². The fourth-order valence-corrected chi connectivity index (χ4v) is 3.43. The number of hydrogen-bond donors (Lipinski definition) is 1. The summed E-state index contributed by atoms with van der Waals surface area (Å²) in [5, 5.41) is 13.7. The van der Waals surface area contributed by atoms with Gasteiger partial charge in [-0.05, 0) is 12.0 Å². The number of hydrogen-bond acceptors (Lipinski definition) is 8. The molecule has 1 aromatic heterocycles. The van der Waals surface area contributed by atoms with Crippen LogP contribution in [0.25, 0.3) is 0 Å². The number of non-ortho nitro benzene ring substituents is 1. The van der Waals surface area contributed by atoms with Crippen LogP contribution in [-0.4, -0.2) is 64.6 Å². The minimum atomic E-state index is -0.554. The molecule has 2 amide bonds. The molecule has 0 spiro atoms. The van der Waals surface area contributed by atoms with E-state index in [0.717, 1.165) is 0 Å². The molecule has 0 aliphatic carbocycles. The first-order valence-electron chi connectivity index (χ1n) is 9.77. The van der Waals surface area contributed by atoms with Crippen molar-refractivity contribution in [2.75, 3.05) is 37.0 Å². The van der Waals surface area contributed by atoms with E-state index in [0.29, 0.717) is 31.1 Å². The van der Waals surface area contributed by atoms with Gasteiger partial charge in [0.05, 0.1) is 30.5 Å². The molecule has 0 bridgehead atoms. The maximum Gasteiger partial charge on any atom is 0.358 e. The van der Waals surface area contributed by atoms with E-state index in [9.17, 15) is 19.7 Å². The molecule has 1 aliphatic rings. The van der Waals surface area contributed by atoms with Crippen LogP contribution in [0.2, 0.25) is 0 Å². The van der Waals surface area contributed by atoms with Crippen LogP contribution in [-0.2, 0) is 4.74 Å². The number of carbonyl (C=O) groups is 2. The maximum absolute atomic E-state index is 12.9. The zero-order chi connectivity index (χ0) is 22.5. The van der Waals surface area contributed by atoms with Gasteiger partial charge in [-0.1, -0.05) is 19.9 Å². The fraction of sp³-hybridized carbons (Fsp3) is 0.400. The first kappa shape index (κ1) is 21.9. The highest BCUT2D eigenvalue weighted by molar-refractivity contribution is 5.90. The number of anilines is 2. The number of nitrogens with zero attached hydrogens (tertiary/aromatic N) is 5. The normalized spacial score (nSPS) is 16.2. The largest absolute Gasteiger partial charge is 0.464 e. The molecule has 1 saturated heterocycles. The van der Waals surface area contributed by atoms with Gasteiger partial charge in [-0.2, -0.15) is 0 Å². The van der Waals surface area contributed by atoms with E-state index in [1.54, 1.807) is 11.0 Å². The van der Waals surface area contributed by atoms with Gasteiger partial charge in [0, 0.05) is 37.5 Å². The molecule has 0 saturated carbocycles. The van der Waals surface area contributed by atoms with Gasteiger partial charge in [0.15, 0.2) is 5.69 Å². The van der Waals surface area contributed by atoms with E-state index in [-0.39, 0.29) is 29.4 Å². The van der Waals surface area contributed by atoms with Crippen molar-refractivity contribution in [3.63, 3.8) is 0 Å². The molecule has 1 atom stereocenters. The van der Waals surface area contributed by atoms with Gasteiger partial charge in [-0.25, -0.2) is 19.6 Å². The summed E-state index contributed by atoms with van der Waals surface area (Å²) in [5.74, 6) is 0.208. The fourth-order valence-electron chi connectivity index (χ4n) is 3.43. The molecule has 0 radical (unpaired) electrons. The number of ether oxygens (including phenoxy) is 1. The van der Waals surface area contributed by atoms with Crippen LogP contribution in [0.15, 0.2) is 36.7 Å². The molecule has 1 fully saturated rings. The summed E-state index contributed by atoms with van der Waals surface area (Å²) >= 11 is 0. The number of esters is 1. The zero-order valence-electron chi connectivity index (χ0n) is 17.5. The van der Waals surface area contributed by atoms with Crippen molar-refractivity contribution in [2.45, 2.75) is 19.9 Å². The number of benzene rings is 1. The summed E-state index contributed by atoms with van der Waals surface area (Å²) in [7, 11) is 1.28. The lowest BCUT2D eigenvalue weighted by Crippen LogP contribution is -2.58. The summed E-state index contributed by atoms with van der Waals surface area (Å²) in [4.78, 5) is 47.1. The van der Waals surface area contributed by atoms with Crippen molar-refractivity contribution in [2.24, 2.45) is 5.92 Å². The minimum Gasteiger partial charge on any atom is -0.464 e. The summed E-state index contributed by atoms with van der Waals surface area (Å²) in [6.07, 6.45) is 2.88. The Morgan fingerprint density at radius 3 is 2.65 bits per heavy atom. The lowest BCUT2D eigenvalue weighted by atomic mass is 10.00. The van der Waals surface area contributed by atoms with Crippen LogP contribution in [0.5, 0.6) is 0 Å². The van der Waals surface area contributed by atoms with E-state index >= 15 is 0 Å². The summed E-state index contributed by atoms with van der Waals surface area (Å²) < 4.78 is 4.64. The molecular weight excluding hydrogens is 404 g/mol. The third-order valence-electron chi connectivity index (χ3n) is 5.11. The number of aromatic nitrogens is 2. The molecule has 1 unspecified atom stereocenters. The molecule has 1 aromatic carbocycles. The summed E-state index contributed by atoms with van der Waals surface area (Å²) in [6, 6.07) is 5.42. The lowest BCUT2D eigenvalue weighted by Gasteiger charge is -2.43.